The molecule has 1 aromatic rings. The Morgan fingerprint density at radius 1 is 0.826 bits per heavy atom. The number of rotatable bonds is 6. The van der Waals surface area contributed by atoms with E-state index in [0.717, 1.165) is 39.2 Å². The summed E-state index contributed by atoms with van der Waals surface area (Å²) in [6.07, 6.45) is 0.769. The fourth-order valence-electron chi connectivity index (χ4n) is 10.9. The predicted molar refractivity (Wildman–Crippen MR) is 166 cm³/mol. The molecule has 6 nitrogen and oxygen atoms in total. The molecule has 5 rings (SSSR count). The third-order valence-corrected chi connectivity index (χ3v) is 12.9. The molecule has 0 aliphatic heterocycles. The van der Waals surface area contributed by atoms with Gasteiger partial charge in [-0.3, -0.25) is 9.59 Å². The number of benzene rings is 1. The second kappa shape index (κ2) is 11.5. The molecule has 9 heteroatoms. The Morgan fingerprint density at radius 2 is 1.46 bits per heavy atom. The number of Topliss-reactive ketones (excluding diaryl/α,β-unsaturated/α-hetero) is 1. The van der Waals surface area contributed by atoms with Gasteiger partial charge in [-0.15, -0.1) is 0 Å². The first kappa shape index (κ1) is 34.6. The maximum atomic E-state index is 14.8. The number of carbonyl (C=O) groups excluding carboxylic acids is 3. The number of halogens is 3. The van der Waals surface area contributed by atoms with E-state index >= 15 is 0 Å². The van der Waals surface area contributed by atoms with Gasteiger partial charge < -0.3 is 14.2 Å². The van der Waals surface area contributed by atoms with Crippen LogP contribution in [0.4, 0.5) is 13.2 Å². The highest BCUT2D eigenvalue weighted by atomic mass is 19.4. The molecule has 3 saturated carbocycles. The minimum Gasteiger partial charge on any atom is -0.462 e. The number of hydrogen-bond donors (Lipinski definition) is 0. The minimum absolute atomic E-state index is 0.0416. The van der Waals surface area contributed by atoms with Crippen LogP contribution in [0.25, 0.3) is 0 Å². The molecule has 254 valence electrons. The van der Waals surface area contributed by atoms with E-state index in [2.05, 4.69) is 27.7 Å². The molecule has 46 heavy (non-hydrogen) atoms. The molecule has 0 saturated heterocycles. The standard InChI is InChI=1S/C37H49F3O6/c1-22(41)25-21-35(7)28(19-26(25)46-31(43)36(44-8,37(38,39)40)24-13-10-9-11-14-24)34(6)18-15-27-32(3,4)16-12-17-33(27,5)29(34)20-30(35)45-23(2)42/h9-11,13-14,21,26-30H,12,15-20H2,1-8H3/t26-,27-,28-,29+,30-,33-,34-,35+,36+/m0/s1. The summed E-state index contributed by atoms with van der Waals surface area (Å²) < 4.78 is 61.4. The first-order valence-electron chi connectivity index (χ1n) is 16.6. The summed E-state index contributed by atoms with van der Waals surface area (Å²) in [5.41, 5.74) is -4.67. The van der Waals surface area contributed by atoms with Gasteiger partial charge in [0.05, 0.1) is 0 Å². The van der Waals surface area contributed by atoms with E-state index in [4.69, 9.17) is 14.2 Å². The largest absolute Gasteiger partial charge is 0.462 e. The normalized spacial score (nSPS) is 38.2. The number of methoxy groups -OCH3 is 1. The molecule has 0 spiro atoms. The molecule has 0 aromatic heterocycles. The Balaban J connectivity index is 1.61. The second-order valence-corrected chi connectivity index (χ2v) is 15.8. The average Bonchev–Trinajstić information content (AvgIpc) is 2.94. The summed E-state index contributed by atoms with van der Waals surface area (Å²) in [6, 6.07) is 6.71. The first-order valence-corrected chi connectivity index (χ1v) is 16.6. The number of carbonyl (C=O) groups is 3. The zero-order chi connectivity index (χ0) is 34.1. The number of fused-ring (bicyclic) bond motifs is 5. The highest BCUT2D eigenvalue weighted by molar-refractivity contribution is 5.95. The third kappa shape index (κ3) is 5.14. The average molecular weight is 647 g/mol. The van der Waals surface area contributed by atoms with Crippen molar-refractivity contribution in [3.05, 3.63) is 47.5 Å². The van der Waals surface area contributed by atoms with Crippen molar-refractivity contribution in [3.8, 4) is 0 Å². The first-order chi connectivity index (χ1) is 21.3. The van der Waals surface area contributed by atoms with Crippen LogP contribution in [0.2, 0.25) is 0 Å². The lowest BCUT2D eigenvalue weighted by Gasteiger charge is -2.69. The molecule has 0 radical (unpaired) electrons. The number of ether oxygens (including phenoxy) is 3. The van der Waals surface area contributed by atoms with Crippen LogP contribution in [0.5, 0.6) is 0 Å². The molecule has 3 fully saturated rings. The van der Waals surface area contributed by atoms with Crippen LogP contribution in [0.1, 0.15) is 99.0 Å². The summed E-state index contributed by atoms with van der Waals surface area (Å²) in [5.74, 6) is -2.07. The fourth-order valence-corrected chi connectivity index (χ4v) is 10.9. The van der Waals surface area contributed by atoms with Crippen LogP contribution >= 0.6 is 0 Å². The number of alkyl halides is 3. The molecule has 0 unspecified atom stereocenters. The van der Waals surface area contributed by atoms with Gasteiger partial charge in [-0.05, 0) is 79.4 Å². The van der Waals surface area contributed by atoms with Crippen molar-refractivity contribution in [1.82, 2.24) is 0 Å². The van der Waals surface area contributed by atoms with Gasteiger partial charge in [-0.25, -0.2) is 4.79 Å². The second-order valence-electron chi connectivity index (χ2n) is 15.8. The zero-order valence-corrected chi connectivity index (χ0v) is 28.4. The number of hydrogen-bond acceptors (Lipinski definition) is 6. The number of ketones is 1. The SMILES string of the molecule is CO[C@@](C(=O)O[C@H]1C[C@@H]2[C@@](C)(C=C1C(C)=O)[C@@H](OC(C)=O)C[C@H]1[C@@]2(C)CC[C@H]2C(C)(C)CCC[C@]12C)(c1ccccc1)C(F)(F)F. The Bertz CT molecular complexity index is 1400. The van der Waals surface area contributed by atoms with E-state index in [9.17, 15) is 27.6 Å². The van der Waals surface area contributed by atoms with Crippen LogP contribution in [-0.2, 0) is 34.2 Å². The Kier molecular flexibility index (Phi) is 8.65. The Labute approximate surface area is 270 Å². The van der Waals surface area contributed by atoms with E-state index in [-0.39, 0.29) is 40.1 Å². The third-order valence-electron chi connectivity index (χ3n) is 12.9. The summed E-state index contributed by atoms with van der Waals surface area (Å²) in [4.78, 5) is 39.5. The lowest BCUT2D eigenvalue weighted by Crippen LogP contribution is -2.66. The molecule has 0 bridgehead atoms. The van der Waals surface area contributed by atoms with Gasteiger partial charge >= 0.3 is 18.1 Å². The van der Waals surface area contributed by atoms with Crippen LogP contribution in [0.15, 0.2) is 42.0 Å². The highest BCUT2D eigenvalue weighted by Crippen LogP contribution is 2.72. The van der Waals surface area contributed by atoms with Gasteiger partial charge in [0, 0.05) is 30.6 Å². The van der Waals surface area contributed by atoms with Gasteiger partial charge in [0.2, 0.25) is 0 Å². The zero-order valence-electron chi connectivity index (χ0n) is 28.4. The molecular weight excluding hydrogens is 597 g/mol. The summed E-state index contributed by atoms with van der Waals surface area (Å²) in [6.45, 7) is 14.0. The molecule has 0 N–H and O–H groups in total. The van der Waals surface area contributed by atoms with Crippen LogP contribution in [0, 0.1) is 39.4 Å². The molecule has 4 aliphatic carbocycles. The molecular formula is C37H49F3O6. The molecule has 4 aliphatic rings. The van der Waals surface area contributed by atoms with E-state index < -0.39 is 52.7 Å². The molecule has 0 heterocycles. The minimum atomic E-state index is -5.15. The topological polar surface area (TPSA) is 78.9 Å². The Morgan fingerprint density at radius 3 is 2.02 bits per heavy atom. The van der Waals surface area contributed by atoms with Gasteiger partial charge in [-0.1, -0.05) is 77.4 Å². The van der Waals surface area contributed by atoms with Crippen molar-refractivity contribution in [1.29, 1.82) is 0 Å². The van der Waals surface area contributed by atoms with Crippen molar-refractivity contribution in [3.63, 3.8) is 0 Å². The lowest BCUT2D eigenvalue weighted by atomic mass is 9.35. The van der Waals surface area contributed by atoms with E-state index in [1.807, 2.05) is 6.92 Å². The number of esters is 2. The van der Waals surface area contributed by atoms with Crippen LogP contribution in [-0.4, -0.2) is 43.2 Å². The monoisotopic (exact) mass is 646 g/mol. The van der Waals surface area contributed by atoms with Gasteiger partial charge in [0.1, 0.15) is 12.2 Å². The van der Waals surface area contributed by atoms with Crippen molar-refractivity contribution in [2.75, 3.05) is 7.11 Å². The van der Waals surface area contributed by atoms with Crippen molar-refractivity contribution in [2.45, 2.75) is 117 Å². The molecule has 0 amide bonds. The maximum Gasteiger partial charge on any atom is 0.432 e. The van der Waals surface area contributed by atoms with E-state index in [1.54, 1.807) is 12.1 Å². The predicted octanol–water partition coefficient (Wildman–Crippen LogP) is 8.13. The van der Waals surface area contributed by atoms with Crippen molar-refractivity contribution < 1.29 is 41.8 Å². The van der Waals surface area contributed by atoms with Gasteiger partial charge in [0.25, 0.3) is 5.60 Å². The van der Waals surface area contributed by atoms with E-state index in [1.165, 1.54) is 38.1 Å². The maximum absolute atomic E-state index is 14.8. The highest BCUT2D eigenvalue weighted by Gasteiger charge is 2.69. The Hall–Kier alpha value is -2.68. The molecule has 1 aromatic carbocycles. The quantitative estimate of drug-likeness (QED) is 0.291. The van der Waals surface area contributed by atoms with Crippen LogP contribution in [0.3, 0.4) is 0 Å². The van der Waals surface area contributed by atoms with Crippen LogP contribution < -0.4 is 0 Å². The van der Waals surface area contributed by atoms with Gasteiger partial charge in [0.15, 0.2) is 5.78 Å². The summed E-state index contributed by atoms with van der Waals surface area (Å²) in [5, 5.41) is 0. The summed E-state index contributed by atoms with van der Waals surface area (Å²) in [7, 11) is 0.836. The van der Waals surface area contributed by atoms with E-state index in [0.29, 0.717) is 12.3 Å². The lowest BCUT2D eigenvalue weighted by molar-refractivity contribution is -0.279. The smallest absolute Gasteiger partial charge is 0.432 e. The summed E-state index contributed by atoms with van der Waals surface area (Å²) >= 11 is 0. The van der Waals surface area contributed by atoms with Crippen molar-refractivity contribution in [2.24, 2.45) is 39.4 Å². The fraction of sp³-hybridized carbons (Fsp3) is 0.703. The molecule has 9 atom stereocenters. The van der Waals surface area contributed by atoms with Crippen molar-refractivity contribution >= 4 is 17.7 Å². The van der Waals surface area contributed by atoms with Gasteiger partial charge in [-0.2, -0.15) is 13.2 Å².